The van der Waals surface area contributed by atoms with E-state index >= 15 is 4.39 Å². The lowest BCUT2D eigenvalue weighted by molar-refractivity contribution is -0.153. The molecule has 0 bridgehead atoms. The van der Waals surface area contributed by atoms with Crippen molar-refractivity contribution >= 4 is 10.8 Å². The first-order valence-electron chi connectivity index (χ1n) is 12.3. The number of hydrogen-bond donors (Lipinski definition) is 0. The Balaban J connectivity index is 1.40. The molecule has 0 spiro atoms. The molecule has 0 radical (unpaired) electrons. The van der Waals surface area contributed by atoms with E-state index in [4.69, 9.17) is 4.74 Å². The molecule has 184 valence electrons. The van der Waals surface area contributed by atoms with E-state index in [1.807, 2.05) is 18.2 Å². The number of rotatable bonds is 6. The largest absolute Gasteiger partial charge is 0.484 e. The van der Waals surface area contributed by atoms with E-state index in [-0.39, 0.29) is 17.1 Å². The summed E-state index contributed by atoms with van der Waals surface area (Å²) < 4.78 is 56.6. The van der Waals surface area contributed by atoms with Gasteiger partial charge in [-0.2, -0.15) is 13.2 Å². The molecule has 4 rings (SSSR count). The van der Waals surface area contributed by atoms with Crippen molar-refractivity contribution < 1.29 is 22.3 Å². The van der Waals surface area contributed by atoms with Crippen molar-refractivity contribution in [3.8, 4) is 17.6 Å². The van der Waals surface area contributed by atoms with Gasteiger partial charge < -0.3 is 4.74 Å². The van der Waals surface area contributed by atoms with Crippen LogP contribution in [0.3, 0.4) is 0 Å². The van der Waals surface area contributed by atoms with Crippen LogP contribution in [0.15, 0.2) is 54.6 Å². The van der Waals surface area contributed by atoms with Crippen molar-refractivity contribution in [2.75, 3.05) is 6.61 Å². The summed E-state index contributed by atoms with van der Waals surface area (Å²) in [6.07, 6.45) is 4.46. The van der Waals surface area contributed by atoms with Gasteiger partial charge in [0.25, 0.3) is 0 Å². The number of halogens is 4. The Morgan fingerprint density at radius 3 is 2.29 bits per heavy atom. The van der Waals surface area contributed by atoms with Crippen LogP contribution in [0.4, 0.5) is 17.6 Å². The third-order valence-electron chi connectivity index (χ3n) is 7.00. The van der Waals surface area contributed by atoms with E-state index in [2.05, 4.69) is 24.8 Å². The smallest absolute Gasteiger partial charge is 0.422 e. The predicted octanol–water partition coefficient (Wildman–Crippen LogP) is 8.47. The first-order chi connectivity index (χ1) is 16.8. The molecule has 0 N–H and O–H groups in total. The normalized spacial score (nSPS) is 18.2. The van der Waals surface area contributed by atoms with Gasteiger partial charge in [0.1, 0.15) is 11.6 Å². The standard InChI is InChI=1S/C30H30F4O/c1-2-21-3-5-22(6-4-21)7-8-24-12-18-28-26(19-24)15-14-25(29(28)31)13-9-23-10-16-27(17-11-23)35-20-30(32,33)34/h10-12,14-19,21-22H,2-8,20H2,1H3. The first-order valence-corrected chi connectivity index (χ1v) is 12.3. The van der Waals surface area contributed by atoms with Gasteiger partial charge in [-0.3, -0.25) is 0 Å². The molecular weight excluding hydrogens is 452 g/mol. The fourth-order valence-corrected chi connectivity index (χ4v) is 4.83. The summed E-state index contributed by atoms with van der Waals surface area (Å²) in [5, 5.41) is 1.41. The summed E-state index contributed by atoms with van der Waals surface area (Å²) in [6.45, 7) is 0.941. The van der Waals surface area contributed by atoms with E-state index in [0.717, 1.165) is 23.6 Å². The number of alkyl halides is 3. The molecule has 3 aromatic carbocycles. The van der Waals surface area contributed by atoms with Crippen LogP contribution >= 0.6 is 0 Å². The molecule has 1 fully saturated rings. The SMILES string of the molecule is CCC1CCC(CCc2ccc3c(F)c(C#Cc4ccc(OCC(F)(F)F)cc4)ccc3c2)CC1. The molecule has 0 aliphatic heterocycles. The molecule has 0 amide bonds. The van der Waals surface area contributed by atoms with Gasteiger partial charge in [-0.05, 0) is 66.0 Å². The van der Waals surface area contributed by atoms with Crippen molar-refractivity contribution in [3.63, 3.8) is 0 Å². The molecular formula is C30H30F4O. The summed E-state index contributed by atoms with van der Waals surface area (Å²) in [4.78, 5) is 0. The van der Waals surface area contributed by atoms with Crippen molar-refractivity contribution in [3.05, 3.63) is 77.1 Å². The van der Waals surface area contributed by atoms with Gasteiger partial charge in [0.15, 0.2) is 6.61 Å². The Kier molecular flexibility index (Phi) is 8.00. The van der Waals surface area contributed by atoms with Gasteiger partial charge in [-0.1, -0.05) is 75.1 Å². The fourth-order valence-electron chi connectivity index (χ4n) is 4.83. The molecule has 5 heteroatoms. The lowest BCUT2D eigenvalue weighted by Gasteiger charge is -2.27. The van der Waals surface area contributed by atoms with Crippen LogP contribution < -0.4 is 4.74 Å². The van der Waals surface area contributed by atoms with Gasteiger partial charge in [-0.25, -0.2) is 4.39 Å². The van der Waals surface area contributed by atoms with Gasteiger partial charge in [0.05, 0.1) is 5.56 Å². The number of benzene rings is 3. The second kappa shape index (κ2) is 11.2. The maximum Gasteiger partial charge on any atom is 0.422 e. The molecule has 0 saturated heterocycles. The quantitative estimate of drug-likeness (QED) is 0.253. The minimum atomic E-state index is -4.39. The molecule has 1 saturated carbocycles. The van der Waals surface area contributed by atoms with Gasteiger partial charge in [0, 0.05) is 10.9 Å². The van der Waals surface area contributed by atoms with E-state index in [1.165, 1.54) is 56.2 Å². The zero-order chi connectivity index (χ0) is 24.8. The van der Waals surface area contributed by atoms with E-state index in [0.29, 0.717) is 10.9 Å². The molecule has 0 unspecified atom stereocenters. The predicted molar refractivity (Wildman–Crippen MR) is 132 cm³/mol. The number of hydrogen-bond acceptors (Lipinski definition) is 1. The molecule has 0 atom stereocenters. The fraction of sp³-hybridized carbons (Fsp3) is 0.400. The molecule has 0 heterocycles. The summed E-state index contributed by atoms with van der Waals surface area (Å²) in [5.74, 6) is 7.17. The Morgan fingerprint density at radius 1 is 0.886 bits per heavy atom. The average molecular weight is 483 g/mol. The molecule has 35 heavy (non-hydrogen) atoms. The van der Waals surface area contributed by atoms with Crippen LogP contribution in [-0.4, -0.2) is 12.8 Å². The molecule has 1 nitrogen and oxygen atoms in total. The maximum absolute atomic E-state index is 15.1. The third kappa shape index (κ3) is 7.01. The summed E-state index contributed by atoms with van der Waals surface area (Å²) in [6, 6.07) is 15.5. The number of aryl methyl sites for hydroxylation is 1. The van der Waals surface area contributed by atoms with Gasteiger partial charge in [0.2, 0.25) is 0 Å². The number of ether oxygens (including phenoxy) is 1. The topological polar surface area (TPSA) is 9.23 Å². The second-order valence-electron chi connectivity index (χ2n) is 9.49. The summed E-state index contributed by atoms with van der Waals surface area (Å²) in [7, 11) is 0. The van der Waals surface area contributed by atoms with Crippen molar-refractivity contribution in [1.29, 1.82) is 0 Å². The van der Waals surface area contributed by atoms with Gasteiger partial charge in [-0.15, -0.1) is 0 Å². The highest BCUT2D eigenvalue weighted by atomic mass is 19.4. The van der Waals surface area contributed by atoms with E-state index < -0.39 is 12.8 Å². The lowest BCUT2D eigenvalue weighted by Crippen LogP contribution is -2.19. The van der Waals surface area contributed by atoms with Crippen LogP contribution in [-0.2, 0) is 6.42 Å². The van der Waals surface area contributed by atoms with Crippen molar-refractivity contribution in [2.45, 2.75) is 58.0 Å². The highest BCUT2D eigenvalue weighted by Gasteiger charge is 2.28. The molecule has 1 aliphatic carbocycles. The van der Waals surface area contributed by atoms with Crippen molar-refractivity contribution in [2.24, 2.45) is 11.8 Å². The van der Waals surface area contributed by atoms with Crippen LogP contribution in [0.5, 0.6) is 5.75 Å². The van der Waals surface area contributed by atoms with Crippen LogP contribution in [0, 0.1) is 29.5 Å². The van der Waals surface area contributed by atoms with E-state index in [1.54, 1.807) is 18.2 Å². The van der Waals surface area contributed by atoms with Crippen molar-refractivity contribution in [1.82, 2.24) is 0 Å². The monoisotopic (exact) mass is 482 g/mol. The zero-order valence-electron chi connectivity index (χ0n) is 19.9. The molecule has 1 aliphatic rings. The summed E-state index contributed by atoms with van der Waals surface area (Å²) in [5.41, 5.74) is 2.09. The Bertz CT molecular complexity index is 1190. The van der Waals surface area contributed by atoms with Crippen LogP contribution in [0.25, 0.3) is 10.8 Å². The molecule has 3 aromatic rings. The van der Waals surface area contributed by atoms with Crippen LogP contribution in [0.2, 0.25) is 0 Å². The first kappa shape index (κ1) is 25.1. The zero-order valence-corrected chi connectivity index (χ0v) is 19.9. The Morgan fingerprint density at radius 2 is 1.60 bits per heavy atom. The minimum Gasteiger partial charge on any atom is -0.484 e. The average Bonchev–Trinajstić information content (AvgIpc) is 2.86. The minimum absolute atomic E-state index is 0.106. The summed E-state index contributed by atoms with van der Waals surface area (Å²) >= 11 is 0. The van der Waals surface area contributed by atoms with E-state index in [9.17, 15) is 13.2 Å². The highest BCUT2D eigenvalue weighted by molar-refractivity contribution is 5.85. The second-order valence-corrected chi connectivity index (χ2v) is 9.49. The molecule has 0 aromatic heterocycles. The third-order valence-corrected chi connectivity index (χ3v) is 7.00. The number of fused-ring (bicyclic) bond motifs is 1. The Hall–Kier alpha value is -3.00. The van der Waals surface area contributed by atoms with Gasteiger partial charge >= 0.3 is 6.18 Å². The lowest BCUT2D eigenvalue weighted by atomic mass is 9.78. The highest BCUT2D eigenvalue weighted by Crippen LogP contribution is 2.33. The maximum atomic E-state index is 15.1. The van der Waals surface area contributed by atoms with Crippen LogP contribution in [0.1, 0.15) is 62.1 Å². The Labute approximate surface area is 204 Å².